The van der Waals surface area contributed by atoms with Gasteiger partial charge in [-0.2, -0.15) is 0 Å². The van der Waals surface area contributed by atoms with E-state index in [0.717, 1.165) is 19.4 Å². The molecule has 0 aromatic carbocycles. The summed E-state index contributed by atoms with van der Waals surface area (Å²) in [6.45, 7) is 7.25. The van der Waals surface area contributed by atoms with Gasteiger partial charge in [0.05, 0.1) is 0 Å². The van der Waals surface area contributed by atoms with Crippen LogP contribution in [0.2, 0.25) is 0 Å². The van der Waals surface area contributed by atoms with Gasteiger partial charge < -0.3 is 15.2 Å². The van der Waals surface area contributed by atoms with Crippen LogP contribution in [0.3, 0.4) is 0 Å². The van der Waals surface area contributed by atoms with Crippen molar-refractivity contribution >= 4 is 5.97 Å². The second-order valence-electron chi connectivity index (χ2n) is 4.79. The number of hydrogen-bond acceptors (Lipinski definition) is 3. The molecule has 4 nitrogen and oxygen atoms in total. The van der Waals surface area contributed by atoms with E-state index in [9.17, 15) is 4.79 Å². The summed E-state index contributed by atoms with van der Waals surface area (Å²) in [5.41, 5.74) is -0.877. The third kappa shape index (κ3) is 6.08. The molecule has 0 saturated carbocycles. The first-order chi connectivity index (χ1) is 7.42. The van der Waals surface area contributed by atoms with Crippen molar-refractivity contribution in [3.63, 3.8) is 0 Å². The fourth-order valence-electron chi connectivity index (χ4n) is 1.31. The molecule has 1 unspecified atom stereocenters. The van der Waals surface area contributed by atoms with Gasteiger partial charge in [0.2, 0.25) is 0 Å². The van der Waals surface area contributed by atoms with Gasteiger partial charge in [-0.1, -0.05) is 13.8 Å². The molecule has 0 amide bonds. The number of carbonyl (C=O) groups is 1. The fraction of sp³-hybridized carbons (Fsp3) is 0.917. The molecule has 0 spiro atoms. The summed E-state index contributed by atoms with van der Waals surface area (Å²) in [4.78, 5) is 10.9. The lowest BCUT2D eigenvalue weighted by Gasteiger charge is -2.23. The van der Waals surface area contributed by atoms with Crippen LogP contribution in [0.25, 0.3) is 0 Å². The Morgan fingerprint density at radius 1 is 1.44 bits per heavy atom. The second-order valence-corrected chi connectivity index (χ2v) is 4.79. The van der Waals surface area contributed by atoms with Gasteiger partial charge in [0, 0.05) is 13.2 Å². The van der Waals surface area contributed by atoms with Crippen LogP contribution in [-0.4, -0.2) is 36.9 Å². The summed E-state index contributed by atoms with van der Waals surface area (Å²) in [5, 5.41) is 11.8. The molecule has 0 bridgehead atoms. The van der Waals surface area contributed by atoms with E-state index in [4.69, 9.17) is 9.84 Å². The van der Waals surface area contributed by atoms with Gasteiger partial charge in [0.25, 0.3) is 0 Å². The van der Waals surface area contributed by atoms with E-state index in [1.165, 1.54) is 0 Å². The lowest BCUT2D eigenvalue weighted by molar-refractivity contribution is -0.144. The second kappa shape index (κ2) is 7.63. The van der Waals surface area contributed by atoms with E-state index in [1.54, 1.807) is 14.0 Å². The van der Waals surface area contributed by atoms with Gasteiger partial charge in [-0.05, 0) is 39.2 Å². The van der Waals surface area contributed by atoms with Crippen LogP contribution in [0.4, 0.5) is 0 Å². The molecule has 0 fully saturated rings. The molecule has 4 heteroatoms. The maximum absolute atomic E-state index is 10.9. The zero-order chi connectivity index (χ0) is 12.6. The number of ether oxygens (including phenoxy) is 1. The molecule has 0 saturated heterocycles. The summed E-state index contributed by atoms with van der Waals surface area (Å²) in [6.07, 6.45) is 2.68. The quantitative estimate of drug-likeness (QED) is 0.595. The highest BCUT2D eigenvalue weighted by atomic mass is 16.5. The van der Waals surface area contributed by atoms with E-state index < -0.39 is 11.5 Å². The van der Waals surface area contributed by atoms with E-state index in [1.807, 2.05) is 0 Å². The normalized spacial score (nSPS) is 15.1. The Balaban J connectivity index is 3.61. The zero-order valence-electron chi connectivity index (χ0n) is 10.9. The lowest BCUT2D eigenvalue weighted by atomic mass is 9.99. The molecular weight excluding hydrogens is 206 g/mol. The minimum absolute atomic E-state index is 0.487. The summed E-state index contributed by atoms with van der Waals surface area (Å²) in [5.74, 6) is -0.133. The fourth-order valence-corrected chi connectivity index (χ4v) is 1.31. The van der Waals surface area contributed by atoms with E-state index in [0.29, 0.717) is 18.9 Å². The summed E-state index contributed by atoms with van der Waals surface area (Å²) in [6, 6.07) is 0. The first-order valence-electron chi connectivity index (χ1n) is 5.92. The molecule has 0 aromatic rings. The molecule has 0 aliphatic heterocycles. The van der Waals surface area contributed by atoms with Gasteiger partial charge in [-0.25, -0.2) is 0 Å². The summed E-state index contributed by atoms with van der Waals surface area (Å²) >= 11 is 0. The molecule has 0 aliphatic carbocycles. The SMILES string of the molecule is CNC(C)(CCOCCCC(C)C)C(=O)O. The molecule has 0 radical (unpaired) electrons. The van der Waals surface area contributed by atoms with Gasteiger partial charge in [0.15, 0.2) is 0 Å². The van der Waals surface area contributed by atoms with Crippen molar-refractivity contribution < 1.29 is 14.6 Å². The Labute approximate surface area is 98.4 Å². The van der Waals surface area contributed by atoms with Crippen LogP contribution < -0.4 is 5.32 Å². The molecule has 96 valence electrons. The standard InChI is InChI=1S/C12H25NO3/c1-10(2)6-5-8-16-9-7-12(3,13-4)11(14)15/h10,13H,5-9H2,1-4H3,(H,14,15). The van der Waals surface area contributed by atoms with Crippen molar-refractivity contribution in [2.75, 3.05) is 20.3 Å². The number of nitrogens with one attached hydrogen (secondary N) is 1. The summed E-state index contributed by atoms with van der Waals surface area (Å²) < 4.78 is 5.43. The third-order valence-electron chi connectivity index (χ3n) is 2.84. The topological polar surface area (TPSA) is 58.6 Å². The van der Waals surface area contributed by atoms with E-state index in [2.05, 4.69) is 19.2 Å². The molecule has 0 aromatic heterocycles. The van der Waals surface area contributed by atoms with Crippen molar-refractivity contribution in [3.05, 3.63) is 0 Å². The Morgan fingerprint density at radius 3 is 2.50 bits per heavy atom. The van der Waals surface area contributed by atoms with Crippen LogP contribution in [0.5, 0.6) is 0 Å². The molecule has 16 heavy (non-hydrogen) atoms. The van der Waals surface area contributed by atoms with Crippen molar-refractivity contribution in [3.8, 4) is 0 Å². The average molecular weight is 231 g/mol. The van der Waals surface area contributed by atoms with Crippen molar-refractivity contribution in [2.45, 2.75) is 45.6 Å². The minimum Gasteiger partial charge on any atom is -0.480 e. The molecule has 1 atom stereocenters. The van der Waals surface area contributed by atoms with Gasteiger partial charge in [-0.3, -0.25) is 4.79 Å². The summed E-state index contributed by atoms with van der Waals surface area (Å²) in [7, 11) is 1.66. The molecule has 0 heterocycles. The van der Waals surface area contributed by atoms with Crippen molar-refractivity contribution in [1.29, 1.82) is 0 Å². The predicted molar refractivity (Wildman–Crippen MR) is 64.6 cm³/mol. The number of hydrogen-bond donors (Lipinski definition) is 2. The number of carboxylic acids is 1. The van der Waals surface area contributed by atoms with Gasteiger partial charge >= 0.3 is 5.97 Å². The Bertz CT molecular complexity index is 206. The number of likely N-dealkylation sites (N-methyl/N-ethyl adjacent to an activating group) is 1. The van der Waals surface area contributed by atoms with Crippen LogP contribution in [0, 0.1) is 5.92 Å². The average Bonchev–Trinajstić information content (AvgIpc) is 2.22. The molecule has 2 N–H and O–H groups in total. The Hall–Kier alpha value is -0.610. The van der Waals surface area contributed by atoms with Crippen molar-refractivity contribution in [1.82, 2.24) is 5.32 Å². The maximum Gasteiger partial charge on any atom is 0.323 e. The highest BCUT2D eigenvalue weighted by Gasteiger charge is 2.30. The van der Waals surface area contributed by atoms with E-state index >= 15 is 0 Å². The maximum atomic E-state index is 10.9. The number of carboxylic acid groups (broad SMARTS) is 1. The third-order valence-corrected chi connectivity index (χ3v) is 2.84. The van der Waals surface area contributed by atoms with Gasteiger partial charge in [-0.15, -0.1) is 0 Å². The number of aliphatic carboxylic acids is 1. The minimum atomic E-state index is -0.877. The highest BCUT2D eigenvalue weighted by molar-refractivity contribution is 5.78. The first kappa shape index (κ1) is 15.4. The highest BCUT2D eigenvalue weighted by Crippen LogP contribution is 2.10. The molecular formula is C12H25NO3. The number of rotatable bonds is 9. The Kier molecular flexibility index (Phi) is 7.34. The smallest absolute Gasteiger partial charge is 0.323 e. The van der Waals surface area contributed by atoms with Crippen LogP contribution >= 0.6 is 0 Å². The van der Waals surface area contributed by atoms with Gasteiger partial charge in [0.1, 0.15) is 5.54 Å². The largest absolute Gasteiger partial charge is 0.480 e. The van der Waals surface area contributed by atoms with E-state index in [-0.39, 0.29) is 0 Å². The van der Waals surface area contributed by atoms with Crippen LogP contribution in [-0.2, 0) is 9.53 Å². The monoisotopic (exact) mass is 231 g/mol. The van der Waals surface area contributed by atoms with Crippen LogP contribution in [0.1, 0.15) is 40.0 Å². The van der Waals surface area contributed by atoms with Crippen molar-refractivity contribution in [2.24, 2.45) is 5.92 Å². The molecule has 0 rings (SSSR count). The Morgan fingerprint density at radius 2 is 2.06 bits per heavy atom. The first-order valence-corrected chi connectivity index (χ1v) is 5.92. The molecule has 0 aliphatic rings. The van der Waals surface area contributed by atoms with Crippen LogP contribution in [0.15, 0.2) is 0 Å². The predicted octanol–water partition coefficient (Wildman–Crippen LogP) is 1.89. The zero-order valence-corrected chi connectivity index (χ0v) is 10.9. The lowest BCUT2D eigenvalue weighted by Crippen LogP contribution is -2.48.